The van der Waals surface area contributed by atoms with Crippen molar-refractivity contribution in [2.45, 2.75) is 13.0 Å². The quantitative estimate of drug-likeness (QED) is 0.879. The summed E-state index contributed by atoms with van der Waals surface area (Å²) < 4.78 is 18.3. The van der Waals surface area contributed by atoms with Crippen LogP contribution in [0.5, 0.6) is 5.75 Å². The molecule has 0 bridgehead atoms. The van der Waals surface area contributed by atoms with Crippen LogP contribution >= 0.6 is 11.6 Å². The van der Waals surface area contributed by atoms with Crippen molar-refractivity contribution in [3.05, 3.63) is 58.9 Å². The summed E-state index contributed by atoms with van der Waals surface area (Å²) >= 11 is 5.97. The molecule has 1 N–H and O–H groups in total. The van der Waals surface area contributed by atoms with E-state index in [9.17, 15) is 4.39 Å². The van der Waals surface area contributed by atoms with E-state index in [2.05, 4.69) is 5.32 Å². The van der Waals surface area contributed by atoms with Crippen molar-refractivity contribution in [2.24, 2.45) is 0 Å². The highest BCUT2D eigenvalue weighted by molar-refractivity contribution is 6.32. The molecule has 0 spiro atoms. The maximum absolute atomic E-state index is 13.2. The Morgan fingerprint density at radius 1 is 1.21 bits per heavy atom. The first-order chi connectivity index (χ1) is 9.10. The number of nitrogens with one attached hydrogen (secondary N) is 1. The lowest BCUT2D eigenvalue weighted by Gasteiger charge is -2.16. The molecule has 2 nitrogen and oxygen atoms in total. The number of hydrogen-bond donors (Lipinski definition) is 1. The van der Waals surface area contributed by atoms with E-state index in [1.807, 2.05) is 25.1 Å². The Hall–Kier alpha value is -1.74. The second-order valence-corrected chi connectivity index (χ2v) is 4.68. The molecule has 0 aliphatic carbocycles. The van der Waals surface area contributed by atoms with Crippen molar-refractivity contribution in [3.8, 4) is 5.75 Å². The summed E-state index contributed by atoms with van der Waals surface area (Å²) in [6, 6.07) is 12.0. The monoisotopic (exact) mass is 279 g/mol. The zero-order valence-corrected chi connectivity index (χ0v) is 11.5. The molecule has 19 heavy (non-hydrogen) atoms. The summed E-state index contributed by atoms with van der Waals surface area (Å²) in [5.74, 6) is 0.373. The van der Waals surface area contributed by atoms with Crippen LogP contribution in [0.1, 0.15) is 18.5 Å². The first-order valence-corrected chi connectivity index (χ1v) is 6.33. The van der Waals surface area contributed by atoms with E-state index in [0.717, 1.165) is 11.3 Å². The van der Waals surface area contributed by atoms with Crippen LogP contribution in [0.15, 0.2) is 42.5 Å². The lowest BCUT2D eigenvalue weighted by Crippen LogP contribution is -2.06. The Bertz CT molecular complexity index is 574. The molecular weight excluding hydrogens is 265 g/mol. The predicted octanol–water partition coefficient (Wildman–Crippen LogP) is 4.66. The minimum atomic E-state index is -0.236. The number of anilines is 1. The highest BCUT2D eigenvalue weighted by Gasteiger charge is 2.08. The van der Waals surface area contributed by atoms with Gasteiger partial charge in [0.1, 0.15) is 11.6 Å². The molecule has 2 rings (SSSR count). The van der Waals surface area contributed by atoms with Gasteiger partial charge in [-0.25, -0.2) is 4.39 Å². The van der Waals surface area contributed by atoms with Crippen molar-refractivity contribution in [3.63, 3.8) is 0 Å². The fourth-order valence-corrected chi connectivity index (χ4v) is 2.05. The van der Waals surface area contributed by atoms with Gasteiger partial charge < -0.3 is 10.1 Å². The largest absolute Gasteiger partial charge is 0.495 e. The molecular formula is C15H15ClFNO. The average Bonchev–Trinajstić information content (AvgIpc) is 2.41. The molecule has 100 valence electrons. The van der Waals surface area contributed by atoms with Gasteiger partial charge in [-0.1, -0.05) is 23.7 Å². The molecule has 0 saturated carbocycles. The van der Waals surface area contributed by atoms with Gasteiger partial charge in [-0.15, -0.1) is 0 Å². The maximum atomic E-state index is 13.2. The number of halogens is 2. The zero-order valence-electron chi connectivity index (χ0n) is 10.8. The van der Waals surface area contributed by atoms with Gasteiger partial charge in [-0.05, 0) is 36.8 Å². The Morgan fingerprint density at radius 2 is 2.00 bits per heavy atom. The summed E-state index contributed by atoms with van der Waals surface area (Å²) in [4.78, 5) is 0. The molecule has 1 unspecified atom stereocenters. The van der Waals surface area contributed by atoms with Crippen molar-refractivity contribution in [2.75, 3.05) is 12.4 Å². The van der Waals surface area contributed by atoms with Crippen LogP contribution in [0.4, 0.5) is 10.1 Å². The maximum Gasteiger partial charge on any atom is 0.139 e. The Labute approximate surface area is 117 Å². The van der Waals surface area contributed by atoms with E-state index < -0.39 is 0 Å². The molecule has 0 amide bonds. The summed E-state index contributed by atoms with van der Waals surface area (Å²) in [6.07, 6.45) is 0. The van der Waals surface area contributed by atoms with E-state index >= 15 is 0 Å². The number of benzene rings is 2. The summed E-state index contributed by atoms with van der Waals surface area (Å²) in [5, 5.41) is 3.84. The van der Waals surface area contributed by atoms with Crippen molar-refractivity contribution >= 4 is 17.3 Å². The number of hydrogen-bond acceptors (Lipinski definition) is 2. The van der Waals surface area contributed by atoms with Crippen molar-refractivity contribution in [1.82, 2.24) is 0 Å². The number of methoxy groups -OCH3 is 1. The number of rotatable bonds is 4. The van der Waals surface area contributed by atoms with Crippen LogP contribution in [-0.2, 0) is 0 Å². The average molecular weight is 280 g/mol. The standard InChI is InChI=1S/C15H15ClFNO/c1-10(11-4-3-5-12(17)8-11)18-13-6-7-14(16)15(9-13)19-2/h3-10,18H,1-2H3. The van der Waals surface area contributed by atoms with E-state index in [1.165, 1.54) is 12.1 Å². The van der Waals surface area contributed by atoms with Crippen LogP contribution in [-0.4, -0.2) is 7.11 Å². The van der Waals surface area contributed by atoms with E-state index in [0.29, 0.717) is 10.8 Å². The Morgan fingerprint density at radius 3 is 2.68 bits per heavy atom. The summed E-state index contributed by atoms with van der Waals surface area (Å²) in [6.45, 7) is 1.97. The zero-order chi connectivity index (χ0) is 13.8. The van der Waals surface area contributed by atoms with Gasteiger partial charge in [-0.2, -0.15) is 0 Å². The smallest absolute Gasteiger partial charge is 0.139 e. The Balaban J connectivity index is 2.17. The van der Waals surface area contributed by atoms with Gasteiger partial charge in [0.2, 0.25) is 0 Å². The van der Waals surface area contributed by atoms with Gasteiger partial charge in [0.25, 0.3) is 0 Å². The SMILES string of the molecule is COc1cc(NC(C)c2cccc(F)c2)ccc1Cl. The van der Waals surface area contributed by atoms with Crippen LogP contribution in [0, 0.1) is 5.82 Å². The molecule has 2 aromatic rings. The van der Waals surface area contributed by atoms with Gasteiger partial charge in [-0.3, -0.25) is 0 Å². The van der Waals surface area contributed by atoms with Crippen molar-refractivity contribution in [1.29, 1.82) is 0 Å². The lowest BCUT2D eigenvalue weighted by atomic mass is 10.1. The Kier molecular flexibility index (Phi) is 4.27. The first-order valence-electron chi connectivity index (χ1n) is 5.95. The topological polar surface area (TPSA) is 21.3 Å². The summed E-state index contributed by atoms with van der Waals surface area (Å²) in [7, 11) is 1.57. The normalized spacial score (nSPS) is 12.0. The third kappa shape index (κ3) is 3.38. The lowest BCUT2D eigenvalue weighted by molar-refractivity contribution is 0.415. The molecule has 1 atom stereocenters. The van der Waals surface area contributed by atoms with Crippen LogP contribution < -0.4 is 10.1 Å². The molecule has 0 aromatic heterocycles. The second-order valence-electron chi connectivity index (χ2n) is 4.27. The van der Waals surface area contributed by atoms with Crippen LogP contribution in [0.2, 0.25) is 5.02 Å². The van der Waals surface area contributed by atoms with Crippen LogP contribution in [0.3, 0.4) is 0 Å². The molecule has 0 heterocycles. The molecule has 2 aromatic carbocycles. The fourth-order valence-electron chi connectivity index (χ4n) is 1.86. The molecule has 0 aliphatic rings. The van der Waals surface area contributed by atoms with E-state index in [-0.39, 0.29) is 11.9 Å². The van der Waals surface area contributed by atoms with E-state index in [1.54, 1.807) is 19.2 Å². The predicted molar refractivity (Wildman–Crippen MR) is 76.4 cm³/mol. The first kappa shape index (κ1) is 13.7. The second kappa shape index (κ2) is 5.93. The van der Waals surface area contributed by atoms with Crippen LogP contribution in [0.25, 0.3) is 0 Å². The van der Waals surface area contributed by atoms with Gasteiger partial charge in [0.15, 0.2) is 0 Å². The van der Waals surface area contributed by atoms with E-state index in [4.69, 9.17) is 16.3 Å². The molecule has 4 heteroatoms. The highest BCUT2D eigenvalue weighted by Crippen LogP contribution is 2.29. The third-order valence-corrected chi connectivity index (χ3v) is 3.20. The fraction of sp³-hybridized carbons (Fsp3) is 0.200. The minimum Gasteiger partial charge on any atom is -0.495 e. The van der Waals surface area contributed by atoms with Gasteiger partial charge >= 0.3 is 0 Å². The third-order valence-electron chi connectivity index (χ3n) is 2.88. The summed E-state index contributed by atoms with van der Waals surface area (Å²) in [5.41, 5.74) is 1.76. The molecule has 0 aliphatic heterocycles. The molecule has 0 saturated heterocycles. The van der Waals surface area contributed by atoms with Crippen molar-refractivity contribution < 1.29 is 9.13 Å². The minimum absolute atomic E-state index is 0.0124. The molecule has 0 fully saturated rings. The highest BCUT2D eigenvalue weighted by atomic mass is 35.5. The van der Waals surface area contributed by atoms with Gasteiger partial charge in [0, 0.05) is 17.8 Å². The van der Waals surface area contributed by atoms with Gasteiger partial charge in [0.05, 0.1) is 12.1 Å². The number of ether oxygens (including phenoxy) is 1. The molecule has 0 radical (unpaired) electrons.